The van der Waals surface area contributed by atoms with Gasteiger partial charge in [-0.2, -0.15) is 0 Å². The molecule has 1 aliphatic carbocycles. The summed E-state index contributed by atoms with van der Waals surface area (Å²) in [4.78, 5) is 25.2. The number of carbonyl (C=O) groups is 2. The molecule has 1 N–H and O–H groups in total. The standard InChI is InChI=1S/C26H35NO7/c1-16(2)11-12-19-25(3,34-19)22-21(30-4)18(13-14-26(22)15-32-26)33-24(29)27-20(23(28)31-5)17-9-7-6-8-10-17/h6-11,18-22H,12-15H2,1-5H3,(H,27,29)/t18-,19-,20-,21?,22-,25+,26+/m1/s1. The number of ether oxygens (including phenoxy) is 5. The van der Waals surface area contributed by atoms with Crippen LogP contribution in [0.1, 0.15) is 51.6 Å². The number of rotatable bonds is 8. The van der Waals surface area contributed by atoms with Gasteiger partial charge in [0.05, 0.1) is 25.7 Å². The van der Waals surface area contributed by atoms with Crippen LogP contribution in [0.5, 0.6) is 0 Å². The molecule has 4 rings (SSSR count). The average molecular weight is 474 g/mol. The van der Waals surface area contributed by atoms with Crippen LogP contribution in [0.2, 0.25) is 0 Å². The smallest absolute Gasteiger partial charge is 0.408 e. The largest absolute Gasteiger partial charge is 0.467 e. The number of nitrogens with one attached hydrogen (secondary N) is 1. The van der Waals surface area contributed by atoms with Gasteiger partial charge in [0.1, 0.15) is 23.4 Å². The van der Waals surface area contributed by atoms with Crippen LogP contribution in [0.3, 0.4) is 0 Å². The SMILES string of the molecule is COC(=O)[C@H](NC(=O)O[C@@H]1CC[C@]2(CO2)[C@@H]([C@@]2(C)O[C@@H]2CC=C(C)C)C1OC)c1ccccc1. The van der Waals surface area contributed by atoms with Crippen molar-refractivity contribution in [2.24, 2.45) is 5.92 Å². The van der Waals surface area contributed by atoms with Gasteiger partial charge in [-0.15, -0.1) is 0 Å². The van der Waals surface area contributed by atoms with E-state index >= 15 is 0 Å². The summed E-state index contributed by atoms with van der Waals surface area (Å²) in [6.07, 6.45) is 2.85. The first-order chi connectivity index (χ1) is 16.2. The Bertz CT molecular complexity index is 924. The van der Waals surface area contributed by atoms with Gasteiger partial charge < -0.3 is 29.0 Å². The van der Waals surface area contributed by atoms with E-state index in [1.807, 2.05) is 6.07 Å². The molecule has 8 heteroatoms. The van der Waals surface area contributed by atoms with Crippen LogP contribution in [-0.4, -0.2) is 62.4 Å². The summed E-state index contributed by atoms with van der Waals surface area (Å²) in [5, 5.41) is 2.66. The lowest BCUT2D eigenvalue weighted by Gasteiger charge is -2.42. The Morgan fingerprint density at radius 2 is 1.94 bits per heavy atom. The van der Waals surface area contributed by atoms with Gasteiger partial charge in [0.15, 0.2) is 6.04 Å². The Kier molecular flexibility index (Phi) is 7.03. The second-order valence-electron chi connectivity index (χ2n) is 9.83. The summed E-state index contributed by atoms with van der Waals surface area (Å²) in [5.74, 6) is -0.642. The molecule has 8 nitrogen and oxygen atoms in total. The van der Waals surface area contributed by atoms with Crippen LogP contribution in [0.25, 0.3) is 0 Å². The normalized spacial score (nSPS) is 34.6. The molecule has 34 heavy (non-hydrogen) atoms. The zero-order valence-electron chi connectivity index (χ0n) is 20.5. The molecule has 1 spiro atoms. The molecule has 7 atom stereocenters. The van der Waals surface area contributed by atoms with Gasteiger partial charge in [-0.1, -0.05) is 42.0 Å². The molecular weight excluding hydrogens is 438 g/mol. The van der Waals surface area contributed by atoms with Crippen LogP contribution in [0.4, 0.5) is 4.79 Å². The molecule has 1 aromatic rings. The van der Waals surface area contributed by atoms with Crippen molar-refractivity contribution < 1.29 is 33.3 Å². The maximum atomic E-state index is 12.9. The van der Waals surface area contributed by atoms with Gasteiger partial charge in [0, 0.05) is 7.11 Å². The maximum Gasteiger partial charge on any atom is 0.408 e. The van der Waals surface area contributed by atoms with Crippen molar-refractivity contribution in [1.29, 1.82) is 0 Å². The number of allylic oxidation sites excluding steroid dienone is 1. The van der Waals surface area contributed by atoms with Gasteiger partial charge in [0.2, 0.25) is 0 Å². The quantitative estimate of drug-likeness (QED) is 0.349. The van der Waals surface area contributed by atoms with Crippen LogP contribution < -0.4 is 5.32 Å². The van der Waals surface area contributed by atoms with Gasteiger partial charge in [-0.25, -0.2) is 9.59 Å². The number of hydrogen-bond donors (Lipinski definition) is 1. The third-order valence-corrected chi connectivity index (χ3v) is 7.33. The van der Waals surface area contributed by atoms with Crippen molar-refractivity contribution >= 4 is 12.1 Å². The predicted octanol–water partition coefficient (Wildman–Crippen LogP) is 3.70. The number of carbonyl (C=O) groups excluding carboxylic acids is 2. The van der Waals surface area contributed by atoms with Crippen molar-refractivity contribution in [3.8, 4) is 0 Å². The van der Waals surface area contributed by atoms with E-state index in [-0.39, 0.29) is 17.6 Å². The van der Waals surface area contributed by atoms with Crippen LogP contribution in [0, 0.1) is 5.92 Å². The third-order valence-electron chi connectivity index (χ3n) is 7.33. The summed E-state index contributed by atoms with van der Waals surface area (Å²) in [6.45, 7) is 6.90. The molecule has 2 saturated heterocycles. The van der Waals surface area contributed by atoms with E-state index in [1.54, 1.807) is 31.4 Å². The van der Waals surface area contributed by atoms with E-state index in [0.29, 0.717) is 18.6 Å². The Morgan fingerprint density at radius 1 is 1.24 bits per heavy atom. The summed E-state index contributed by atoms with van der Waals surface area (Å²) in [7, 11) is 2.92. The van der Waals surface area contributed by atoms with Gasteiger partial charge in [-0.05, 0) is 45.6 Å². The fourth-order valence-corrected chi connectivity index (χ4v) is 5.40. The highest BCUT2D eigenvalue weighted by Gasteiger charge is 2.72. The number of epoxide rings is 2. The highest BCUT2D eigenvalue weighted by atomic mass is 16.6. The Morgan fingerprint density at radius 3 is 2.53 bits per heavy atom. The molecule has 186 valence electrons. The van der Waals surface area contributed by atoms with Crippen molar-refractivity contribution in [3.05, 3.63) is 47.5 Å². The van der Waals surface area contributed by atoms with E-state index in [2.05, 4.69) is 32.2 Å². The number of alkyl carbamates (subject to hydrolysis) is 1. The van der Waals surface area contributed by atoms with Gasteiger partial charge in [-0.3, -0.25) is 0 Å². The first-order valence-corrected chi connectivity index (χ1v) is 11.8. The van der Waals surface area contributed by atoms with Crippen molar-refractivity contribution in [2.75, 3.05) is 20.8 Å². The van der Waals surface area contributed by atoms with E-state index in [0.717, 1.165) is 12.8 Å². The van der Waals surface area contributed by atoms with Gasteiger partial charge >= 0.3 is 12.1 Å². The number of methoxy groups -OCH3 is 2. The summed E-state index contributed by atoms with van der Waals surface area (Å²) in [5.41, 5.74) is 1.14. The Labute approximate surface area is 200 Å². The number of amides is 1. The minimum atomic E-state index is -0.963. The van der Waals surface area contributed by atoms with Crippen molar-refractivity contribution in [1.82, 2.24) is 5.32 Å². The molecule has 1 amide bonds. The number of hydrogen-bond acceptors (Lipinski definition) is 7. The molecule has 1 saturated carbocycles. The second-order valence-corrected chi connectivity index (χ2v) is 9.83. The lowest BCUT2D eigenvalue weighted by molar-refractivity contribution is -0.143. The molecule has 3 fully saturated rings. The highest BCUT2D eigenvalue weighted by Crippen LogP contribution is 2.59. The molecule has 0 radical (unpaired) electrons. The minimum absolute atomic E-state index is 0.0699. The second kappa shape index (κ2) is 9.68. The molecule has 2 aliphatic heterocycles. The van der Waals surface area contributed by atoms with E-state index in [9.17, 15) is 9.59 Å². The molecule has 2 heterocycles. The fourth-order valence-electron chi connectivity index (χ4n) is 5.40. The highest BCUT2D eigenvalue weighted by molar-refractivity contribution is 5.82. The summed E-state index contributed by atoms with van der Waals surface area (Å²) in [6, 6.07) is 7.97. The molecule has 1 unspecified atom stereocenters. The van der Waals surface area contributed by atoms with Crippen LogP contribution in [0.15, 0.2) is 42.0 Å². The monoisotopic (exact) mass is 473 g/mol. The molecule has 0 bridgehead atoms. The molecular formula is C26H35NO7. The zero-order valence-corrected chi connectivity index (χ0v) is 20.5. The lowest BCUT2D eigenvalue weighted by Crippen LogP contribution is -2.56. The Hall–Kier alpha value is -2.42. The van der Waals surface area contributed by atoms with E-state index in [4.69, 9.17) is 23.7 Å². The molecule has 1 aromatic carbocycles. The summed E-state index contributed by atoms with van der Waals surface area (Å²) >= 11 is 0. The maximum absolute atomic E-state index is 12.9. The number of benzene rings is 1. The molecule has 3 aliphatic rings. The zero-order chi connectivity index (χ0) is 24.5. The lowest BCUT2D eigenvalue weighted by atomic mass is 9.68. The first kappa shape index (κ1) is 24.7. The summed E-state index contributed by atoms with van der Waals surface area (Å²) < 4.78 is 28.8. The topological polar surface area (TPSA) is 98.9 Å². The minimum Gasteiger partial charge on any atom is -0.467 e. The number of esters is 1. The Balaban J connectivity index is 1.47. The predicted molar refractivity (Wildman–Crippen MR) is 124 cm³/mol. The van der Waals surface area contributed by atoms with Gasteiger partial charge in [0.25, 0.3) is 0 Å². The third kappa shape index (κ3) is 4.85. The van der Waals surface area contributed by atoms with Crippen LogP contribution >= 0.6 is 0 Å². The van der Waals surface area contributed by atoms with Crippen molar-refractivity contribution in [3.63, 3.8) is 0 Å². The van der Waals surface area contributed by atoms with Crippen LogP contribution in [-0.2, 0) is 28.5 Å². The fraction of sp³-hybridized carbons (Fsp3) is 0.615. The van der Waals surface area contributed by atoms with Crippen molar-refractivity contribution in [2.45, 2.75) is 75.6 Å². The average Bonchev–Trinajstić information content (AvgIpc) is 3.74. The first-order valence-electron chi connectivity index (χ1n) is 11.8. The molecule has 0 aromatic heterocycles. The van der Waals surface area contributed by atoms with E-state index < -0.39 is 35.9 Å². The van der Waals surface area contributed by atoms with E-state index in [1.165, 1.54) is 12.7 Å².